The molecule has 1 amide bonds. The molecule has 0 spiro atoms. The Kier molecular flexibility index (Phi) is 4.59. The maximum atomic E-state index is 12.0. The van der Waals surface area contributed by atoms with Crippen molar-refractivity contribution in [2.45, 2.75) is 6.42 Å². The molecule has 2 aromatic rings. The number of carboxylic acids is 1. The molecule has 2 N–H and O–H groups in total. The Labute approximate surface area is 128 Å². The summed E-state index contributed by atoms with van der Waals surface area (Å²) in [6.45, 7) is 0. The third-order valence-corrected chi connectivity index (χ3v) is 3.47. The van der Waals surface area contributed by atoms with E-state index in [1.807, 2.05) is 0 Å². The van der Waals surface area contributed by atoms with Gasteiger partial charge in [-0.15, -0.1) is 11.3 Å². The van der Waals surface area contributed by atoms with Gasteiger partial charge in [-0.05, 0) is 18.2 Å². The molecule has 0 aliphatic rings. The van der Waals surface area contributed by atoms with Gasteiger partial charge in [0, 0.05) is 21.0 Å². The molecule has 5 nitrogen and oxygen atoms in total. The Morgan fingerprint density at radius 1 is 1.25 bits per heavy atom. The van der Waals surface area contributed by atoms with Gasteiger partial charge in [-0.2, -0.15) is 0 Å². The summed E-state index contributed by atoms with van der Waals surface area (Å²) in [5, 5.41) is 13.8. The molecule has 0 atom stereocenters. The summed E-state index contributed by atoms with van der Waals surface area (Å²) in [6, 6.07) is 4.48. The zero-order valence-corrected chi connectivity index (χ0v) is 12.2. The van der Waals surface area contributed by atoms with E-state index in [0.29, 0.717) is 26.4 Å². The van der Waals surface area contributed by atoms with Gasteiger partial charge in [0.05, 0.1) is 12.1 Å². The third kappa shape index (κ3) is 3.93. The zero-order chi connectivity index (χ0) is 14.7. The number of thiazole rings is 1. The lowest BCUT2D eigenvalue weighted by Gasteiger charge is -2.03. The number of aromatic nitrogens is 1. The van der Waals surface area contributed by atoms with E-state index in [9.17, 15) is 9.59 Å². The van der Waals surface area contributed by atoms with Crippen LogP contribution in [0.15, 0.2) is 23.6 Å². The molecule has 0 unspecified atom stereocenters. The highest BCUT2D eigenvalue weighted by Gasteiger charge is 2.11. The molecule has 0 saturated heterocycles. The van der Waals surface area contributed by atoms with E-state index in [4.69, 9.17) is 28.3 Å². The lowest BCUT2D eigenvalue weighted by molar-refractivity contribution is -0.136. The van der Waals surface area contributed by atoms with Crippen molar-refractivity contribution >= 4 is 51.5 Å². The van der Waals surface area contributed by atoms with Gasteiger partial charge in [-0.25, -0.2) is 4.98 Å². The van der Waals surface area contributed by atoms with Crippen molar-refractivity contribution in [3.63, 3.8) is 0 Å². The average molecular weight is 331 g/mol. The summed E-state index contributed by atoms with van der Waals surface area (Å²) in [7, 11) is 0. The van der Waals surface area contributed by atoms with E-state index in [2.05, 4.69) is 10.3 Å². The standard InChI is InChI=1S/C12H8Cl2N2O3S/c13-7-1-6(2-8(14)3-7)11(19)16-12-15-9(5-20-12)4-10(17)18/h1-3,5H,4H2,(H,17,18)(H,15,16,19). The van der Waals surface area contributed by atoms with Gasteiger partial charge in [0.25, 0.3) is 5.91 Å². The fraction of sp³-hybridized carbons (Fsp3) is 0.0833. The monoisotopic (exact) mass is 330 g/mol. The number of halogens is 2. The van der Waals surface area contributed by atoms with Crippen molar-refractivity contribution in [3.8, 4) is 0 Å². The average Bonchev–Trinajstić information content (AvgIpc) is 2.74. The number of benzene rings is 1. The first kappa shape index (κ1) is 14.8. The van der Waals surface area contributed by atoms with Crippen LogP contribution in [0.1, 0.15) is 16.1 Å². The Morgan fingerprint density at radius 2 is 1.90 bits per heavy atom. The molecule has 0 bridgehead atoms. The Morgan fingerprint density at radius 3 is 2.50 bits per heavy atom. The second kappa shape index (κ2) is 6.21. The number of carbonyl (C=O) groups is 2. The molecule has 1 heterocycles. The van der Waals surface area contributed by atoms with Crippen LogP contribution in [0.4, 0.5) is 5.13 Å². The smallest absolute Gasteiger partial charge is 0.309 e. The number of hydrogen-bond acceptors (Lipinski definition) is 4. The minimum atomic E-state index is -0.977. The number of carbonyl (C=O) groups excluding carboxylic acids is 1. The second-order valence-electron chi connectivity index (χ2n) is 3.83. The predicted octanol–water partition coefficient (Wildman–Crippen LogP) is 3.33. The van der Waals surface area contributed by atoms with Crippen molar-refractivity contribution in [2.75, 3.05) is 5.32 Å². The summed E-state index contributed by atoms with van der Waals surface area (Å²) < 4.78 is 0. The number of carboxylic acid groups (broad SMARTS) is 1. The van der Waals surface area contributed by atoms with Gasteiger partial charge >= 0.3 is 5.97 Å². The summed E-state index contributed by atoms with van der Waals surface area (Å²) in [5.41, 5.74) is 0.694. The number of rotatable bonds is 4. The number of nitrogens with zero attached hydrogens (tertiary/aromatic N) is 1. The van der Waals surface area contributed by atoms with Crippen molar-refractivity contribution in [2.24, 2.45) is 0 Å². The van der Waals surface area contributed by atoms with E-state index in [0.717, 1.165) is 11.3 Å². The van der Waals surface area contributed by atoms with Gasteiger partial charge in [0.1, 0.15) is 0 Å². The fourth-order valence-corrected chi connectivity index (χ4v) is 2.69. The zero-order valence-electron chi connectivity index (χ0n) is 9.89. The second-order valence-corrected chi connectivity index (χ2v) is 5.56. The summed E-state index contributed by atoms with van der Waals surface area (Å²) in [6.07, 6.45) is -0.185. The highest BCUT2D eigenvalue weighted by Crippen LogP contribution is 2.21. The van der Waals surface area contributed by atoms with E-state index >= 15 is 0 Å². The molecule has 1 aromatic carbocycles. The summed E-state index contributed by atoms with van der Waals surface area (Å²) in [5.74, 6) is -1.39. The van der Waals surface area contributed by atoms with E-state index in [1.165, 1.54) is 18.2 Å². The van der Waals surface area contributed by atoms with Crippen LogP contribution in [0.5, 0.6) is 0 Å². The number of anilines is 1. The number of aliphatic carboxylic acids is 1. The SMILES string of the molecule is O=C(O)Cc1csc(NC(=O)c2cc(Cl)cc(Cl)c2)n1. The molecule has 1 aromatic heterocycles. The maximum absolute atomic E-state index is 12.0. The Bertz CT molecular complexity index is 652. The molecule has 0 radical (unpaired) electrons. The number of nitrogens with one attached hydrogen (secondary N) is 1. The molecule has 0 aliphatic carbocycles. The van der Waals surface area contributed by atoms with Crippen LogP contribution in [0.3, 0.4) is 0 Å². The molecule has 0 aliphatic heterocycles. The van der Waals surface area contributed by atoms with Crippen LogP contribution in [0, 0.1) is 0 Å². The van der Waals surface area contributed by atoms with Crippen LogP contribution < -0.4 is 5.32 Å². The number of amides is 1. The third-order valence-electron chi connectivity index (χ3n) is 2.23. The largest absolute Gasteiger partial charge is 0.481 e. The van der Waals surface area contributed by atoms with Gasteiger partial charge in [0.15, 0.2) is 5.13 Å². The first-order chi connectivity index (χ1) is 9.44. The van der Waals surface area contributed by atoms with Crippen molar-refractivity contribution in [3.05, 3.63) is 44.9 Å². The maximum Gasteiger partial charge on any atom is 0.309 e. The van der Waals surface area contributed by atoms with Crippen molar-refractivity contribution in [1.82, 2.24) is 4.98 Å². The molecule has 20 heavy (non-hydrogen) atoms. The van der Waals surface area contributed by atoms with Gasteiger partial charge in [-0.1, -0.05) is 23.2 Å². The Balaban J connectivity index is 2.11. The van der Waals surface area contributed by atoms with Crippen LogP contribution in [0.2, 0.25) is 10.0 Å². The van der Waals surface area contributed by atoms with Gasteiger partial charge in [0.2, 0.25) is 0 Å². The molecule has 2 rings (SSSR count). The van der Waals surface area contributed by atoms with Crippen LogP contribution >= 0.6 is 34.5 Å². The normalized spacial score (nSPS) is 10.3. The van der Waals surface area contributed by atoms with E-state index in [-0.39, 0.29) is 6.42 Å². The predicted molar refractivity (Wildman–Crippen MR) is 77.9 cm³/mol. The molecule has 8 heteroatoms. The molecular weight excluding hydrogens is 323 g/mol. The van der Waals surface area contributed by atoms with Crippen molar-refractivity contribution in [1.29, 1.82) is 0 Å². The topological polar surface area (TPSA) is 79.3 Å². The number of hydrogen-bond donors (Lipinski definition) is 2. The highest BCUT2D eigenvalue weighted by molar-refractivity contribution is 7.14. The fourth-order valence-electron chi connectivity index (χ4n) is 1.45. The summed E-state index contributed by atoms with van der Waals surface area (Å²) in [4.78, 5) is 26.5. The molecule has 0 fully saturated rings. The van der Waals surface area contributed by atoms with E-state index in [1.54, 1.807) is 5.38 Å². The lowest BCUT2D eigenvalue weighted by atomic mass is 10.2. The highest BCUT2D eigenvalue weighted by atomic mass is 35.5. The summed E-state index contributed by atoms with van der Waals surface area (Å²) >= 11 is 12.8. The minimum Gasteiger partial charge on any atom is -0.481 e. The quantitative estimate of drug-likeness (QED) is 0.901. The van der Waals surface area contributed by atoms with Crippen LogP contribution in [-0.4, -0.2) is 22.0 Å². The Hall–Kier alpha value is -1.63. The van der Waals surface area contributed by atoms with Gasteiger partial charge in [-0.3, -0.25) is 14.9 Å². The minimum absolute atomic E-state index is 0.185. The van der Waals surface area contributed by atoms with E-state index < -0.39 is 11.9 Å². The van der Waals surface area contributed by atoms with Crippen LogP contribution in [0.25, 0.3) is 0 Å². The molecular formula is C12H8Cl2N2O3S. The first-order valence-electron chi connectivity index (χ1n) is 5.37. The molecule has 104 valence electrons. The van der Waals surface area contributed by atoms with Crippen molar-refractivity contribution < 1.29 is 14.7 Å². The van der Waals surface area contributed by atoms with Crippen LogP contribution in [-0.2, 0) is 11.2 Å². The van der Waals surface area contributed by atoms with Gasteiger partial charge < -0.3 is 5.11 Å². The molecule has 0 saturated carbocycles. The first-order valence-corrected chi connectivity index (χ1v) is 7.01. The lowest BCUT2D eigenvalue weighted by Crippen LogP contribution is -2.12.